The molecule has 12 rings (SSSR count). The first-order valence-corrected chi connectivity index (χ1v) is 20.0. The van der Waals surface area contributed by atoms with Gasteiger partial charge in [0.05, 0.1) is 0 Å². The van der Waals surface area contributed by atoms with Gasteiger partial charge in [-0.05, 0) is 134 Å². The molecule has 10 aromatic carbocycles. The number of fused-ring (bicyclic) bond motifs is 6. The summed E-state index contributed by atoms with van der Waals surface area (Å²) in [5.41, 5.74) is 19.4. The van der Waals surface area contributed by atoms with Crippen LogP contribution in [0.15, 0.2) is 206 Å². The first kappa shape index (κ1) is 32.0. The van der Waals surface area contributed by atoms with Crippen LogP contribution in [0.2, 0.25) is 0 Å². The van der Waals surface area contributed by atoms with Crippen LogP contribution in [0.4, 0.5) is 0 Å². The van der Waals surface area contributed by atoms with E-state index < -0.39 is 0 Å². The monoisotopic (exact) mass is 720 g/mol. The lowest BCUT2D eigenvalue weighted by Gasteiger charge is -2.20. The van der Waals surface area contributed by atoms with Crippen molar-refractivity contribution in [2.24, 2.45) is 0 Å². The Balaban J connectivity index is 0.991. The van der Waals surface area contributed by atoms with Crippen LogP contribution >= 0.6 is 0 Å². The van der Waals surface area contributed by atoms with E-state index in [2.05, 4.69) is 212 Å². The van der Waals surface area contributed by atoms with E-state index in [1.165, 1.54) is 116 Å². The zero-order valence-corrected chi connectivity index (χ0v) is 31.3. The van der Waals surface area contributed by atoms with Crippen LogP contribution in [0.5, 0.6) is 0 Å². The Morgan fingerprint density at radius 3 is 1.54 bits per heavy atom. The summed E-state index contributed by atoms with van der Waals surface area (Å²) >= 11 is 0. The van der Waals surface area contributed by atoms with Crippen LogP contribution in [-0.2, 0) is 0 Å². The zero-order chi connectivity index (χ0) is 37.5. The summed E-state index contributed by atoms with van der Waals surface area (Å²) in [7, 11) is 0. The fraction of sp³-hybridized carbons (Fsp3) is 0.0175. The lowest BCUT2D eigenvalue weighted by Crippen LogP contribution is -2.01. The SMILES string of the molecule is C1=C(c2ccc(-c3ccccc3)cc2)C(c2ccc(-c3c4ccccc4c(-c4cc5c6c(cccc6c4)-c4ccccc4-5)c4ccccc34)cc2)c2ccccc21. The molecule has 0 aromatic heterocycles. The molecule has 0 heterocycles. The summed E-state index contributed by atoms with van der Waals surface area (Å²) in [5, 5.41) is 7.75. The van der Waals surface area contributed by atoms with Crippen LogP contribution in [0, 0.1) is 0 Å². The second-order valence-corrected chi connectivity index (χ2v) is 15.5. The molecule has 0 heteroatoms. The minimum atomic E-state index is 0.157. The maximum Gasteiger partial charge on any atom is 0.0352 e. The maximum atomic E-state index is 2.44. The second kappa shape index (κ2) is 12.6. The molecule has 264 valence electrons. The molecule has 10 aromatic rings. The number of allylic oxidation sites excluding steroid dienone is 1. The summed E-state index contributed by atoms with van der Waals surface area (Å²) in [4.78, 5) is 0. The summed E-state index contributed by atoms with van der Waals surface area (Å²) in [6.45, 7) is 0. The van der Waals surface area contributed by atoms with Gasteiger partial charge in [-0.1, -0.05) is 194 Å². The van der Waals surface area contributed by atoms with Crippen molar-refractivity contribution in [3.05, 3.63) is 229 Å². The summed E-state index contributed by atoms with van der Waals surface area (Å²) in [6.07, 6.45) is 2.39. The van der Waals surface area contributed by atoms with Gasteiger partial charge in [0, 0.05) is 5.92 Å². The quantitative estimate of drug-likeness (QED) is 0.155. The Labute approximate surface area is 332 Å². The normalized spacial score (nSPS) is 13.9. The van der Waals surface area contributed by atoms with E-state index in [4.69, 9.17) is 0 Å². The maximum absolute atomic E-state index is 2.44. The third-order valence-electron chi connectivity index (χ3n) is 12.5. The molecule has 0 N–H and O–H groups in total. The Bertz CT molecular complexity index is 3200. The van der Waals surface area contributed by atoms with E-state index in [-0.39, 0.29) is 5.92 Å². The molecular formula is C57H36. The third kappa shape index (κ3) is 4.94. The number of hydrogen-bond donors (Lipinski definition) is 0. The van der Waals surface area contributed by atoms with Crippen molar-refractivity contribution < 1.29 is 0 Å². The van der Waals surface area contributed by atoms with Crippen molar-refractivity contribution in [2.75, 3.05) is 0 Å². The molecule has 1 unspecified atom stereocenters. The predicted molar refractivity (Wildman–Crippen MR) is 242 cm³/mol. The smallest absolute Gasteiger partial charge is 0.0352 e. The molecular weight excluding hydrogens is 685 g/mol. The average molecular weight is 721 g/mol. The largest absolute Gasteiger partial charge is 0.0622 e. The molecule has 0 bridgehead atoms. The highest BCUT2D eigenvalue weighted by atomic mass is 14.3. The van der Waals surface area contributed by atoms with Crippen molar-refractivity contribution in [3.63, 3.8) is 0 Å². The van der Waals surface area contributed by atoms with Gasteiger partial charge in [-0.3, -0.25) is 0 Å². The molecule has 0 saturated heterocycles. The summed E-state index contributed by atoms with van der Waals surface area (Å²) < 4.78 is 0. The highest BCUT2D eigenvalue weighted by Gasteiger charge is 2.28. The molecule has 0 aliphatic heterocycles. The van der Waals surface area contributed by atoms with Crippen LogP contribution < -0.4 is 0 Å². The lowest BCUT2D eigenvalue weighted by molar-refractivity contribution is 1.07. The molecule has 0 amide bonds. The summed E-state index contributed by atoms with van der Waals surface area (Å²) in [6, 6.07) is 76.6. The van der Waals surface area contributed by atoms with Crippen LogP contribution in [-0.4, -0.2) is 0 Å². The Morgan fingerprint density at radius 2 is 0.842 bits per heavy atom. The molecule has 1 atom stereocenters. The lowest BCUT2D eigenvalue weighted by atomic mass is 9.82. The Morgan fingerprint density at radius 1 is 0.316 bits per heavy atom. The molecule has 2 aliphatic carbocycles. The van der Waals surface area contributed by atoms with Crippen molar-refractivity contribution in [2.45, 2.75) is 5.92 Å². The Kier molecular flexibility index (Phi) is 7.09. The number of rotatable bonds is 5. The molecule has 0 fully saturated rings. The fourth-order valence-electron chi connectivity index (χ4n) is 9.97. The van der Waals surface area contributed by atoms with Crippen molar-refractivity contribution in [1.82, 2.24) is 0 Å². The number of hydrogen-bond acceptors (Lipinski definition) is 0. The van der Waals surface area contributed by atoms with E-state index in [1.807, 2.05) is 0 Å². The van der Waals surface area contributed by atoms with Crippen molar-refractivity contribution in [1.29, 1.82) is 0 Å². The minimum Gasteiger partial charge on any atom is -0.0622 e. The van der Waals surface area contributed by atoms with E-state index in [0.29, 0.717) is 0 Å². The van der Waals surface area contributed by atoms with Crippen LogP contribution in [0.1, 0.15) is 28.2 Å². The molecule has 57 heavy (non-hydrogen) atoms. The Hall–Kier alpha value is -7.28. The van der Waals surface area contributed by atoms with Gasteiger partial charge in [0.1, 0.15) is 0 Å². The van der Waals surface area contributed by atoms with Gasteiger partial charge >= 0.3 is 0 Å². The molecule has 0 spiro atoms. The topological polar surface area (TPSA) is 0 Å². The predicted octanol–water partition coefficient (Wildman–Crippen LogP) is 15.5. The fourth-order valence-corrected chi connectivity index (χ4v) is 9.97. The first-order valence-electron chi connectivity index (χ1n) is 20.0. The van der Waals surface area contributed by atoms with Gasteiger partial charge in [0.25, 0.3) is 0 Å². The van der Waals surface area contributed by atoms with E-state index in [0.717, 1.165) is 0 Å². The average Bonchev–Trinajstić information content (AvgIpc) is 3.83. The third-order valence-corrected chi connectivity index (χ3v) is 12.5. The van der Waals surface area contributed by atoms with Gasteiger partial charge in [-0.2, -0.15) is 0 Å². The molecule has 0 saturated carbocycles. The molecule has 2 aliphatic rings. The minimum absolute atomic E-state index is 0.157. The van der Waals surface area contributed by atoms with Gasteiger partial charge in [-0.25, -0.2) is 0 Å². The molecule has 0 radical (unpaired) electrons. The van der Waals surface area contributed by atoms with Crippen LogP contribution in [0.3, 0.4) is 0 Å². The number of benzene rings is 10. The van der Waals surface area contributed by atoms with Crippen molar-refractivity contribution in [3.8, 4) is 55.6 Å². The highest BCUT2D eigenvalue weighted by molar-refractivity contribution is 6.23. The van der Waals surface area contributed by atoms with Crippen LogP contribution in [0.25, 0.3) is 99.6 Å². The first-order chi connectivity index (χ1) is 28.3. The van der Waals surface area contributed by atoms with Gasteiger partial charge in [0.15, 0.2) is 0 Å². The van der Waals surface area contributed by atoms with E-state index in [9.17, 15) is 0 Å². The van der Waals surface area contributed by atoms with E-state index in [1.54, 1.807) is 0 Å². The van der Waals surface area contributed by atoms with E-state index >= 15 is 0 Å². The second-order valence-electron chi connectivity index (χ2n) is 15.5. The zero-order valence-electron chi connectivity index (χ0n) is 31.3. The standard InChI is InChI=1S/C57H36/c1-2-13-36(14-3-1)37-25-27-38(28-26-37)52-34-41-15-4-5-17-44(41)54(52)39-29-31-40(32-30-39)55-48-20-8-10-22-50(48)57(51-23-11-9-21-49(51)55)43-33-42-16-12-24-47-45-18-6-7-19-46(45)53(35-43)56(42)47/h1-35,54H. The van der Waals surface area contributed by atoms with Gasteiger partial charge in [-0.15, -0.1) is 0 Å². The highest BCUT2D eigenvalue weighted by Crippen LogP contribution is 2.51. The van der Waals surface area contributed by atoms with Gasteiger partial charge < -0.3 is 0 Å². The summed E-state index contributed by atoms with van der Waals surface area (Å²) in [5.74, 6) is 0.157. The molecule has 0 nitrogen and oxygen atoms in total. The van der Waals surface area contributed by atoms with Crippen molar-refractivity contribution >= 4 is 44.0 Å². The van der Waals surface area contributed by atoms with Gasteiger partial charge in [0.2, 0.25) is 0 Å².